The molecule has 0 aromatic carbocycles. The van der Waals surface area contributed by atoms with Crippen LogP contribution in [0.3, 0.4) is 0 Å². The largest absolute Gasteiger partial charge is 0.394 e. The zero-order chi connectivity index (χ0) is 43.3. The molecule has 1 amide bonds. The van der Waals surface area contributed by atoms with E-state index in [0.29, 0.717) is 6.42 Å². The lowest BCUT2D eigenvalue weighted by molar-refractivity contribution is -0.359. The summed E-state index contributed by atoms with van der Waals surface area (Å²) in [7, 11) is 0. The predicted octanol–water partition coefficient (Wildman–Crippen LogP) is 4.37. The van der Waals surface area contributed by atoms with E-state index < -0.39 is 92.7 Å². The number of hydrogen-bond acceptors (Lipinski definition) is 13. The minimum absolute atomic E-state index is 0.331. The van der Waals surface area contributed by atoms with Gasteiger partial charge in [0.2, 0.25) is 5.91 Å². The fourth-order valence-electron chi connectivity index (χ4n) is 7.41. The van der Waals surface area contributed by atoms with Crippen LogP contribution < -0.4 is 5.32 Å². The fraction of sp³-hybridized carbons (Fsp3) is 0.844. The third-order valence-electron chi connectivity index (χ3n) is 11.1. The van der Waals surface area contributed by atoms with Gasteiger partial charge < -0.3 is 65.1 Å². The molecule has 0 spiro atoms. The first-order chi connectivity index (χ1) is 28.5. The Hall–Kier alpha value is -1.79. The summed E-state index contributed by atoms with van der Waals surface area (Å²) in [6.07, 6.45) is 21.8. The molecule has 344 valence electrons. The van der Waals surface area contributed by atoms with Gasteiger partial charge in [0.05, 0.1) is 32.0 Å². The molecule has 0 aromatic heterocycles. The van der Waals surface area contributed by atoms with E-state index in [0.717, 1.165) is 25.7 Å². The van der Waals surface area contributed by atoms with Gasteiger partial charge in [-0.3, -0.25) is 4.79 Å². The van der Waals surface area contributed by atoms with Gasteiger partial charge in [0.25, 0.3) is 0 Å². The minimum Gasteiger partial charge on any atom is -0.394 e. The smallest absolute Gasteiger partial charge is 0.217 e. The number of rotatable bonds is 33. The maximum absolute atomic E-state index is 11.9. The van der Waals surface area contributed by atoms with Crippen molar-refractivity contribution < 1.29 is 64.6 Å². The third-order valence-corrected chi connectivity index (χ3v) is 11.1. The maximum atomic E-state index is 11.9. The third kappa shape index (κ3) is 21.7. The van der Waals surface area contributed by atoms with E-state index in [4.69, 9.17) is 18.9 Å². The van der Waals surface area contributed by atoms with Crippen molar-refractivity contribution in [3.63, 3.8) is 0 Å². The van der Waals surface area contributed by atoms with E-state index in [2.05, 4.69) is 36.5 Å². The molecule has 2 aliphatic heterocycles. The molecule has 12 atom stereocenters. The van der Waals surface area contributed by atoms with Crippen LogP contribution in [0.1, 0.15) is 149 Å². The molecule has 0 bridgehead atoms. The lowest BCUT2D eigenvalue weighted by Gasteiger charge is -2.46. The number of amides is 1. The van der Waals surface area contributed by atoms with Crippen molar-refractivity contribution in [2.75, 3.05) is 19.8 Å². The van der Waals surface area contributed by atoms with Crippen LogP contribution in [-0.4, -0.2) is 140 Å². The molecular formula is C45H81NO13. The lowest BCUT2D eigenvalue weighted by Crippen LogP contribution is -2.65. The van der Waals surface area contributed by atoms with Crippen LogP contribution in [0.25, 0.3) is 0 Å². The van der Waals surface area contributed by atoms with Crippen LogP contribution in [-0.2, 0) is 23.7 Å². The summed E-state index contributed by atoms with van der Waals surface area (Å²) < 4.78 is 22.2. The second kappa shape index (κ2) is 32.9. The molecule has 14 nitrogen and oxygen atoms in total. The summed E-state index contributed by atoms with van der Waals surface area (Å²) in [6, 6.07) is -0.936. The summed E-state index contributed by atoms with van der Waals surface area (Å²) in [5.74, 6) is -0.431. The number of nitrogens with one attached hydrogen (secondary N) is 1. The highest BCUT2D eigenvalue weighted by Gasteiger charge is 2.50. The Balaban J connectivity index is 1.59. The minimum atomic E-state index is -1.79. The SMILES string of the molecule is CCCCCCCCCCCCCCCCCC/C=C/CC/C=C/CC/C=C/C(O)C(COC1OC(CO)C(OC2OC(CO)C(O)C(O)C2O)C(O)C1O)NC(C)=O. The highest BCUT2D eigenvalue weighted by Crippen LogP contribution is 2.30. The summed E-state index contributed by atoms with van der Waals surface area (Å²) in [5.41, 5.74) is 0. The Kier molecular flexibility index (Phi) is 29.7. The molecule has 2 fully saturated rings. The van der Waals surface area contributed by atoms with Crippen molar-refractivity contribution >= 4 is 5.91 Å². The maximum Gasteiger partial charge on any atom is 0.217 e. The van der Waals surface area contributed by atoms with Crippen molar-refractivity contribution in [1.82, 2.24) is 5.32 Å². The Morgan fingerprint density at radius 1 is 0.593 bits per heavy atom. The van der Waals surface area contributed by atoms with E-state index in [1.165, 1.54) is 110 Å². The lowest BCUT2D eigenvalue weighted by atomic mass is 9.97. The number of ether oxygens (including phenoxy) is 4. The molecule has 0 aromatic rings. The van der Waals surface area contributed by atoms with Gasteiger partial charge in [0.15, 0.2) is 12.6 Å². The van der Waals surface area contributed by atoms with Crippen molar-refractivity contribution in [3.05, 3.63) is 36.5 Å². The molecule has 0 radical (unpaired) electrons. The topological polar surface area (TPSA) is 228 Å². The summed E-state index contributed by atoms with van der Waals surface area (Å²) in [4.78, 5) is 11.9. The van der Waals surface area contributed by atoms with E-state index in [9.17, 15) is 45.6 Å². The summed E-state index contributed by atoms with van der Waals surface area (Å²) in [6.45, 7) is 1.79. The van der Waals surface area contributed by atoms with E-state index in [1.54, 1.807) is 12.2 Å². The Morgan fingerprint density at radius 3 is 1.56 bits per heavy atom. The van der Waals surface area contributed by atoms with Crippen LogP contribution >= 0.6 is 0 Å². The number of aliphatic hydroxyl groups is 8. The quantitative estimate of drug-likeness (QED) is 0.0331. The van der Waals surface area contributed by atoms with E-state index >= 15 is 0 Å². The highest BCUT2D eigenvalue weighted by atomic mass is 16.7. The normalized spacial score (nSPS) is 28.8. The molecule has 59 heavy (non-hydrogen) atoms. The molecule has 2 rings (SSSR count). The Labute approximate surface area is 353 Å². The number of aliphatic hydroxyl groups excluding tert-OH is 8. The molecular weight excluding hydrogens is 762 g/mol. The van der Waals surface area contributed by atoms with Crippen molar-refractivity contribution in [2.24, 2.45) is 0 Å². The first-order valence-corrected chi connectivity index (χ1v) is 22.7. The van der Waals surface area contributed by atoms with Gasteiger partial charge in [-0.05, 0) is 38.5 Å². The van der Waals surface area contributed by atoms with Gasteiger partial charge in [-0.2, -0.15) is 0 Å². The summed E-state index contributed by atoms with van der Waals surface area (Å²) >= 11 is 0. The Bertz CT molecular complexity index is 1140. The van der Waals surface area contributed by atoms with Gasteiger partial charge in [0, 0.05) is 6.92 Å². The number of hydrogen-bond donors (Lipinski definition) is 9. The van der Waals surface area contributed by atoms with Crippen LogP contribution in [0, 0.1) is 0 Å². The second-order valence-electron chi connectivity index (χ2n) is 16.3. The van der Waals surface area contributed by atoms with Crippen LogP contribution in [0.4, 0.5) is 0 Å². The highest BCUT2D eigenvalue weighted by molar-refractivity contribution is 5.73. The molecule has 2 saturated heterocycles. The molecule has 0 saturated carbocycles. The van der Waals surface area contributed by atoms with Crippen molar-refractivity contribution in [3.8, 4) is 0 Å². The van der Waals surface area contributed by atoms with Gasteiger partial charge in [-0.1, -0.05) is 140 Å². The zero-order valence-corrected chi connectivity index (χ0v) is 36.0. The van der Waals surface area contributed by atoms with E-state index in [1.807, 2.05) is 0 Å². The molecule has 2 heterocycles. The zero-order valence-electron chi connectivity index (χ0n) is 36.0. The predicted molar refractivity (Wildman–Crippen MR) is 226 cm³/mol. The molecule has 2 aliphatic rings. The van der Waals surface area contributed by atoms with Gasteiger partial charge >= 0.3 is 0 Å². The van der Waals surface area contributed by atoms with Crippen molar-refractivity contribution in [1.29, 1.82) is 0 Å². The first kappa shape index (κ1) is 53.3. The van der Waals surface area contributed by atoms with Crippen LogP contribution in [0.2, 0.25) is 0 Å². The fourth-order valence-corrected chi connectivity index (χ4v) is 7.41. The van der Waals surface area contributed by atoms with E-state index in [-0.39, 0.29) is 6.61 Å². The average molecular weight is 844 g/mol. The Morgan fingerprint density at radius 2 is 1.05 bits per heavy atom. The molecule has 12 unspecified atom stereocenters. The standard InChI is InChI=1S/C45H81NO13/c1-3-4-5-6-7-8-9-10-11-12-13-14-15-16-17-18-19-20-21-22-23-24-25-26-27-28-29-35(50)34(46-33(2)49)32-56-44-42(55)40(53)43(37(31-48)58-44)59-45-41(54)39(52)38(51)36(30-47)57-45/h20-21,24-25,28-29,34-45,47-48,50-55H,3-19,22-23,26-27,30-32H2,1-2H3,(H,46,49)/b21-20+,25-24+,29-28+. The number of allylic oxidation sites excluding steroid dienone is 5. The number of unbranched alkanes of at least 4 members (excludes halogenated alkanes) is 18. The van der Waals surface area contributed by atoms with Crippen LogP contribution in [0.15, 0.2) is 36.5 Å². The first-order valence-electron chi connectivity index (χ1n) is 22.7. The summed E-state index contributed by atoms with van der Waals surface area (Å²) in [5, 5.41) is 84.9. The van der Waals surface area contributed by atoms with Gasteiger partial charge in [-0.15, -0.1) is 0 Å². The molecule has 9 N–H and O–H groups in total. The van der Waals surface area contributed by atoms with Crippen molar-refractivity contribution in [2.45, 2.75) is 222 Å². The number of carbonyl (C=O) groups excluding carboxylic acids is 1. The average Bonchev–Trinajstić information content (AvgIpc) is 3.22. The molecule has 14 heteroatoms. The number of carbonyl (C=O) groups is 1. The van der Waals surface area contributed by atoms with Gasteiger partial charge in [-0.25, -0.2) is 0 Å². The second-order valence-corrected chi connectivity index (χ2v) is 16.3. The van der Waals surface area contributed by atoms with Gasteiger partial charge in [0.1, 0.15) is 48.8 Å². The van der Waals surface area contributed by atoms with Crippen LogP contribution in [0.5, 0.6) is 0 Å². The monoisotopic (exact) mass is 844 g/mol. The molecule has 0 aliphatic carbocycles.